The zero-order valence-electron chi connectivity index (χ0n) is 31.0. The summed E-state index contributed by atoms with van der Waals surface area (Å²) in [6.45, 7) is 13.3. The third kappa shape index (κ3) is 7.12. The van der Waals surface area contributed by atoms with E-state index in [0.717, 1.165) is 117 Å². The lowest BCUT2D eigenvalue weighted by molar-refractivity contribution is 0.0634. The number of unbranched alkanes of at least 4 members (excludes halogenated alkanes) is 1. The van der Waals surface area contributed by atoms with E-state index < -0.39 is 5.60 Å². The van der Waals surface area contributed by atoms with E-state index in [4.69, 9.17) is 18.9 Å². The van der Waals surface area contributed by atoms with Crippen molar-refractivity contribution in [1.82, 2.24) is 0 Å². The molecule has 0 aliphatic heterocycles. The van der Waals surface area contributed by atoms with Gasteiger partial charge < -0.3 is 24.1 Å². The van der Waals surface area contributed by atoms with Crippen LogP contribution >= 0.6 is 0 Å². The zero-order chi connectivity index (χ0) is 35.1. The quantitative estimate of drug-likeness (QED) is 0.120. The topological polar surface area (TPSA) is 57.2 Å². The first-order valence-electron chi connectivity index (χ1n) is 19.2. The average molecular weight is 677 g/mol. The summed E-state index contributed by atoms with van der Waals surface area (Å²) in [5.74, 6) is 3.71. The first kappa shape index (κ1) is 35.9. The fraction of sp³-hybridized carbons (Fsp3) is 0.467. The number of rotatable bonds is 15. The molecule has 5 heteroatoms. The lowest BCUT2D eigenvalue weighted by Crippen LogP contribution is -2.34. The van der Waals surface area contributed by atoms with E-state index in [1.807, 2.05) is 0 Å². The molecule has 6 rings (SSSR count). The van der Waals surface area contributed by atoms with E-state index in [-0.39, 0.29) is 0 Å². The van der Waals surface area contributed by atoms with Gasteiger partial charge in [0.05, 0.1) is 26.4 Å². The van der Waals surface area contributed by atoms with E-state index >= 15 is 0 Å². The molecule has 2 aliphatic carbocycles. The van der Waals surface area contributed by atoms with Crippen LogP contribution in [0.1, 0.15) is 135 Å². The molecular weight excluding hydrogens is 620 g/mol. The summed E-state index contributed by atoms with van der Waals surface area (Å²) in [5.41, 5.74) is 9.75. The molecule has 0 fully saturated rings. The molecule has 4 aromatic rings. The second-order valence-corrected chi connectivity index (χ2v) is 14.0. The van der Waals surface area contributed by atoms with Gasteiger partial charge in [0.1, 0.15) is 28.6 Å². The first-order valence-corrected chi connectivity index (χ1v) is 19.2. The SMILES string of the molecule is CCCCC1(O)c2ccc3c(OCCC)c2Cc2c1ccc(c2OCCC)Cc1cccc(c1OCCC)Cc1cccc(c1OCCC)C3. The second-order valence-electron chi connectivity index (χ2n) is 14.0. The maximum Gasteiger partial charge on any atom is 0.126 e. The van der Waals surface area contributed by atoms with Crippen molar-refractivity contribution in [2.75, 3.05) is 26.4 Å². The highest BCUT2D eigenvalue weighted by Crippen LogP contribution is 2.51. The molecule has 1 N–H and O–H groups in total. The maximum absolute atomic E-state index is 12.9. The summed E-state index contributed by atoms with van der Waals surface area (Å²) in [7, 11) is 0. The van der Waals surface area contributed by atoms with Crippen LogP contribution < -0.4 is 18.9 Å². The molecule has 0 radical (unpaired) electrons. The maximum atomic E-state index is 12.9. The van der Waals surface area contributed by atoms with Gasteiger partial charge in [0.15, 0.2) is 0 Å². The van der Waals surface area contributed by atoms with Gasteiger partial charge in [-0.2, -0.15) is 0 Å². The van der Waals surface area contributed by atoms with Crippen molar-refractivity contribution in [3.63, 3.8) is 0 Å². The van der Waals surface area contributed by atoms with Gasteiger partial charge in [-0.15, -0.1) is 0 Å². The molecule has 0 heterocycles. The molecule has 0 aromatic heterocycles. The number of aliphatic hydroxyl groups is 1. The highest BCUT2D eigenvalue weighted by molar-refractivity contribution is 5.64. The lowest BCUT2D eigenvalue weighted by atomic mass is 9.70. The highest BCUT2D eigenvalue weighted by Gasteiger charge is 2.42. The van der Waals surface area contributed by atoms with Crippen molar-refractivity contribution in [3.05, 3.63) is 116 Å². The van der Waals surface area contributed by atoms with Crippen LogP contribution in [0.5, 0.6) is 23.0 Å². The number of ether oxygens (including phenoxy) is 4. The normalized spacial score (nSPS) is 14.1. The Kier molecular flexibility index (Phi) is 11.7. The van der Waals surface area contributed by atoms with Crippen molar-refractivity contribution in [2.24, 2.45) is 0 Å². The average Bonchev–Trinajstić information content (AvgIpc) is 3.12. The zero-order valence-corrected chi connectivity index (χ0v) is 31.0. The Bertz CT molecular complexity index is 1650. The standard InChI is InChI=1S/C45H56O5/c1-6-11-22-45(46)39-20-18-35-28-33-16-12-14-31(41(33)47-23-7-2)27-32-15-13-17-34(42(32)48-24-8-3)29-36-19-21-40(45)38(44(36)50-26-10-5)30-37(39)43(35)49-25-9-4/h12-21,46H,6-11,22-30H2,1-5H3. The van der Waals surface area contributed by atoms with Gasteiger partial charge in [-0.25, -0.2) is 0 Å². The molecule has 0 amide bonds. The van der Waals surface area contributed by atoms with Crippen molar-refractivity contribution < 1.29 is 24.1 Å². The fourth-order valence-corrected chi connectivity index (χ4v) is 7.78. The minimum absolute atomic E-state index is 0.608. The van der Waals surface area contributed by atoms with Gasteiger partial charge in [-0.1, -0.05) is 108 Å². The van der Waals surface area contributed by atoms with Crippen LogP contribution in [-0.4, -0.2) is 31.5 Å². The van der Waals surface area contributed by atoms with E-state index in [9.17, 15) is 5.11 Å². The Morgan fingerprint density at radius 3 is 1.18 bits per heavy atom. The summed E-state index contributed by atoms with van der Waals surface area (Å²) in [5, 5.41) is 12.9. The molecule has 2 aliphatic rings. The minimum Gasteiger partial charge on any atom is -0.493 e. The van der Waals surface area contributed by atoms with Gasteiger partial charge in [-0.05, 0) is 76.6 Å². The van der Waals surface area contributed by atoms with E-state index in [1.54, 1.807) is 0 Å². The third-order valence-electron chi connectivity index (χ3n) is 10.1. The van der Waals surface area contributed by atoms with Crippen LogP contribution in [-0.2, 0) is 31.3 Å². The molecule has 8 bridgehead atoms. The van der Waals surface area contributed by atoms with Gasteiger partial charge in [-0.3, -0.25) is 0 Å². The molecule has 0 unspecified atom stereocenters. The lowest BCUT2D eigenvalue weighted by Gasteiger charge is -2.39. The fourth-order valence-electron chi connectivity index (χ4n) is 7.78. The third-order valence-corrected chi connectivity index (χ3v) is 10.1. The predicted molar refractivity (Wildman–Crippen MR) is 203 cm³/mol. The van der Waals surface area contributed by atoms with Gasteiger partial charge >= 0.3 is 0 Å². The van der Waals surface area contributed by atoms with E-state index in [2.05, 4.69) is 95.3 Å². The first-order chi connectivity index (χ1) is 24.5. The Morgan fingerprint density at radius 2 is 0.820 bits per heavy atom. The monoisotopic (exact) mass is 676 g/mol. The molecule has 0 saturated carbocycles. The Balaban J connectivity index is 1.66. The molecule has 0 spiro atoms. The largest absolute Gasteiger partial charge is 0.493 e. The summed E-state index contributed by atoms with van der Waals surface area (Å²) in [6, 6.07) is 21.8. The van der Waals surface area contributed by atoms with Crippen LogP contribution in [0, 0.1) is 0 Å². The second kappa shape index (κ2) is 16.4. The predicted octanol–water partition coefficient (Wildman–Crippen LogP) is 10.3. The van der Waals surface area contributed by atoms with E-state index in [0.29, 0.717) is 58.5 Å². The van der Waals surface area contributed by atoms with Crippen LogP contribution in [0.25, 0.3) is 0 Å². The molecule has 0 atom stereocenters. The summed E-state index contributed by atoms with van der Waals surface area (Å²) in [4.78, 5) is 0. The Labute approximate surface area is 300 Å². The van der Waals surface area contributed by atoms with Crippen LogP contribution in [0.2, 0.25) is 0 Å². The van der Waals surface area contributed by atoms with Crippen molar-refractivity contribution in [3.8, 4) is 23.0 Å². The number of hydrogen-bond donors (Lipinski definition) is 1. The highest BCUT2D eigenvalue weighted by atomic mass is 16.5. The van der Waals surface area contributed by atoms with Crippen molar-refractivity contribution >= 4 is 0 Å². The van der Waals surface area contributed by atoms with Crippen LogP contribution in [0.15, 0.2) is 60.7 Å². The van der Waals surface area contributed by atoms with Crippen molar-refractivity contribution in [2.45, 2.75) is 111 Å². The summed E-state index contributed by atoms with van der Waals surface area (Å²) < 4.78 is 26.7. The molecule has 0 saturated heterocycles. The molecule has 5 nitrogen and oxygen atoms in total. The van der Waals surface area contributed by atoms with Crippen molar-refractivity contribution in [1.29, 1.82) is 0 Å². The van der Waals surface area contributed by atoms with Gasteiger partial charge in [0.25, 0.3) is 0 Å². The number of hydrogen-bond acceptors (Lipinski definition) is 5. The van der Waals surface area contributed by atoms with E-state index in [1.165, 1.54) is 0 Å². The molecule has 50 heavy (non-hydrogen) atoms. The molecule has 4 aromatic carbocycles. The van der Waals surface area contributed by atoms with Crippen LogP contribution in [0.4, 0.5) is 0 Å². The van der Waals surface area contributed by atoms with Gasteiger partial charge in [0.2, 0.25) is 0 Å². The number of para-hydroxylation sites is 2. The smallest absolute Gasteiger partial charge is 0.126 e. The molecule has 266 valence electrons. The number of benzene rings is 4. The Hall–Kier alpha value is -3.96. The molecular formula is C45H56O5. The van der Waals surface area contributed by atoms with Crippen LogP contribution in [0.3, 0.4) is 0 Å². The summed E-state index contributed by atoms with van der Waals surface area (Å²) >= 11 is 0. The summed E-state index contributed by atoms with van der Waals surface area (Å²) in [6.07, 6.45) is 8.86. The minimum atomic E-state index is -1.15. The number of fused-ring (bicyclic) bond motifs is 6. The Morgan fingerprint density at radius 1 is 0.460 bits per heavy atom. The van der Waals surface area contributed by atoms with Gasteiger partial charge in [0, 0.05) is 36.8 Å².